The molecule has 1 aromatic carbocycles. The molecule has 1 aromatic rings. The molecule has 0 unspecified atom stereocenters. The number of ether oxygens (including phenoxy) is 1. The third-order valence-corrected chi connectivity index (χ3v) is 2.61. The Bertz CT molecular complexity index is 487. The van der Waals surface area contributed by atoms with Crippen molar-refractivity contribution in [1.29, 1.82) is 0 Å². The van der Waals surface area contributed by atoms with Gasteiger partial charge < -0.3 is 21.1 Å². The summed E-state index contributed by atoms with van der Waals surface area (Å²) in [4.78, 5) is 23.0. The van der Waals surface area contributed by atoms with Gasteiger partial charge in [0, 0.05) is 18.2 Å². The molecular weight excluding hydrogens is 234 g/mol. The summed E-state index contributed by atoms with van der Waals surface area (Å²) in [5.41, 5.74) is 6.41. The fourth-order valence-corrected chi connectivity index (χ4v) is 1.59. The standard InChI is InChI=1S/C12H15N3O3/c1-7(5-13)14-12(17)8-2-3-10-9(4-8)15-11(16)6-18-10/h2-4,7H,5-6,13H2,1H3,(H,14,17)(H,15,16)/t7-/m0/s1. The zero-order chi connectivity index (χ0) is 13.1. The van der Waals surface area contributed by atoms with E-state index >= 15 is 0 Å². The van der Waals surface area contributed by atoms with E-state index in [9.17, 15) is 9.59 Å². The molecule has 4 N–H and O–H groups in total. The first kappa shape index (κ1) is 12.4. The quantitative estimate of drug-likeness (QED) is 0.708. The average Bonchev–Trinajstić information content (AvgIpc) is 2.37. The third-order valence-electron chi connectivity index (χ3n) is 2.61. The Balaban J connectivity index is 2.17. The number of nitrogens with one attached hydrogen (secondary N) is 2. The first-order chi connectivity index (χ1) is 8.60. The van der Waals surface area contributed by atoms with Gasteiger partial charge in [-0.2, -0.15) is 0 Å². The highest BCUT2D eigenvalue weighted by Gasteiger charge is 2.18. The lowest BCUT2D eigenvalue weighted by molar-refractivity contribution is -0.118. The number of amides is 2. The topological polar surface area (TPSA) is 93.5 Å². The number of carbonyl (C=O) groups excluding carboxylic acids is 2. The lowest BCUT2D eigenvalue weighted by Gasteiger charge is -2.18. The van der Waals surface area contributed by atoms with Crippen LogP contribution in [0.5, 0.6) is 5.75 Å². The van der Waals surface area contributed by atoms with E-state index in [-0.39, 0.29) is 24.5 Å². The van der Waals surface area contributed by atoms with Crippen molar-refractivity contribution in [2.45, 2.75) is 13.0 Å². The second kappa shape index (κ2) is 5.05. The highest BCUT2D eigenvalue weighted by molar-refractivity contribution is 5.99. The summed E-state index contributed by atoms with van der Waals surface area (Å²) < 4.78 is 5.21. The molecule has 6 nitrogen and oxygen atoms in total. The van der Waals surface area contributed by atoms with Gasteiger partial charge in [-0.3, -0.25) is 9.59 Å². The van der Waals surface area contributed by atoms with E-state index in [4.69, 9.17) is 10.5 Å². The van der Waals surface area contributed by atoms with Crippen molar-refractivity contribution in [2.24, 2.45) is 5.73 Å². The lowest BCUT2D eigenvalue weighted by atomic mass is 10.1. The van der Waals surface area contributed by atoms with Crippen molar-refractivity contribution < 1.29 is 14.3 Å². The monoisotopic (exact) mass is 249 g/mol. The van der Waals surface area contributed by atoms with Gasteiger partial charge in [0.1, 0.15) is 5.75 Å². The maximum absolute atomic E-state index is 11.9. The molecule has 18 heavy (non-hydrogen) atoms. The van der Waals surface area contributed by atoms with Gasteiger partial charge in [0.05, 0.1) is 5.69 Å². The Kier molecular flexibility index (Phi) is 3.47. The first-order valence-corrected chi connectivity index (χ1v) is 5.68. The van der Waals surface area contributed by atoms with E-state index in [0.717, 1.165) is 0 Å². The second-order valence-electron chi connectivity index (χ2n) is 4.16. The lowest BCUT2D eigenvalue weighted by Crippen LogP contribution is -2.37. The van der Waals surface area contributed by atoms with Crippen LogP contribution in [0.15, 0.2) is 18.2 Å². The first-order valence-electron chi connectivity index (χ1n) is 5.68. The second-order valence-corrected chi connectivity index (χ2v) is 4.16. The molecule has 1 heterocycles. The fourth-order valence-electron chi connectivity index (χ4n) is 1.59. The van der Waals surface area contributed by atoms with E-state index in [1.807, 2.05) is 6.92 Å². The minimum atomic E-state index is -0.226. The molecule has 1 aliphatic heterocycles. The van der Waals surface area contributed by atoms with Gasteiger partial charge in [-0.05, 0) is 25.1 Å². The minimum Gasteiger partial charge on any atom is -0.482 e. The molecular formula is C12H15N3O3. The van der Waals surface area contributed by atoms with E-state index in [1.165, 1.54) is 0 Å². The highest BCUT2D eigenvalue weighted by atomic mass is 16.5. The number of fused-ring (bicyclic) bond motifs is 1. The molecule has 0 bridgehead atoms. The van der Waals surface area contributed by atoms with E-state index in [1.54, 1.807) is 18.2 Å². The third kappa shape index (κ3) is 2.60. The van der Waals surface area contributed by atoms with Crippen molar-refractivity contribution in [1.82, 2.24) is 5.32 Å². The maximum Gasteiger partial charge on any atom is 0.262 e. The molecule has 2 rings (SSSR count). The van der Waals surface area contributed by atoms with Crippen molar-refractivity contribution in [3.63, 3.8) is 0 Å². The van der Waals surface area contributed by atoms with Crippen molar-refractivity contribution in [3.8, 4) is 5.75 Å². The average molecular weight is 249 g/mol. The number of carbonyl (C=O) groups is 2. The number of rotatable bonds is 3. The zero-order valence-electron chi connectivity index (χ0n) is 10.0. The summed E-state index contributed by atoms with van der Waals surface area (Å²) >= 11 is 0. The SMILES string of the molecule is C[C@@H](CN)NC(=O)c1ccc2c(c1)NC(=O)CO2. The molecule has 0 aromatic heterocycles. The summed E-state index contributed by atoms with van der Waals surface area (Å²) in [6.45, 7) is 2.19. The van der Waals surface area contributed by atoms with E-state index in [0.29, 0.717) is 23.5 Å². The van der Waals surface area contributed by atoms with E-state index < -0.39 is 0 Å². The molecule has 96 valence electrons. The van der Waals surface area contributed by atoms with Gasteiger partial charge >= 0.3 is 0 Å². The summed E-state index contributed by atoms with van der Waals surface area (Å²) in [5, 5.41) is 5.40. The van der Waals surface area contributed by atoms with Crippen LogP contribution in [-0.2, 0) is 4.79 Å². The summed E-state index contributed by atoms with van der Waals surface area (Å²) in [7, 11) is 0. The van der Waals surface area contributed by atoms with Gasteiger partial charge in [-0.1, -0.05) is 0 Å². The summed E-state index contributed by atoms with van der Waals surface area (Å²) in [6.07, 6.45) is 0. The Morgan fingerprint density at radius 2 is 2.39 bits per heavy atom. The Hall–Kier alpha value is -2.08. The Labute approximate surface area is 104 Å². The zero-order valence-corrected chi connectivity index (χ0v) is 10.0. The molecule has 1 atom stereocenters. The molecule has 0 aliphatic carbocycles. The van der Waals surface area contributed by atoms with Crippen LogP contribution in [0, 0.1) is 0 Å². The van der Waals surface area contributed by atoms with Gasteiger partial charge in [-0.25, -0.2) is 0 Å². The van der Waals surface area contributed by atoms with Gasteiger partial charge in [-0.15, -0.1) is 0 Å². The Morgan fingerprint density at radius 1 is 1.61 bits per heavy atom. The number of nitrogens with two attached hydrogens (primary N) is 1. The number of hydrogen-bond donors (Lipinski definition) is 3. The molecule has 0 saturated carbocycles. The van der Waals surface area contributed by atoms with Gasteiger partial charge in [0.2, 0.25) is 0 Å². The number of anilines is 1. The minimum absolute atomic E-state index is 0.00273. The van der Waals surface area contributed by atoms with Crippen LogP contribution in [0.4, 0.5) is 5.69 Å². The maximum atomic E-state index is 11.9. The summed E-state index contributed by atoms with van der Waals surface area (Å²) in [6, 6.07) is 4.80. The van der Waals surface area contributed by atoms with Crippen LogP contribution in [0.3, 0.4) is 0 Å². The fraction of sp³-hybridized carbons (Fsp3) is 0.333. The van der Waals surface area contributed by atoms with Crippen molar-refractivity contribution in [3.05, 3.63) is 23.8 Å². The number of benzene rings is 1. The highest BCUT2D eigenvalue weighted by Crippen LogP contribution is 2.28. The molecule has 0 spiro atoms. The molecule has 0 radical (unpaired) electrons. The molecule has 0 fully saturated rings. The molecule has 1 aliphatic rings. The summed E-state index contributed by atoms with van der Waals surface area (Å²) in [5.74, 6) is 0.115. The van der Waals surface area contributed by atoms with Crippen LogP contribution < -0.4 is 21.1 Å². The predicted molar refractivity (Wildman–Crippen MR) is 66.5 cm³/mol. The van der Waals surface area contributed by atoms with Crippen molar-refractivity contribution >= 4 is 17.5 Å². The normalized spacial score (nSPS) is 15.1. The van der Waals surface area contributed by atoms with Crippen molar-refractivity contribution in [2.75, 3.05) is 18.5 Å². The smallest absolute Gasteiger partial charge is 0.262 e. The molecule has 2 amide bonds. The van der Waals surface area contributed by atoms with Crippen LogP contribution in [0.1, 0.15) is 17.3 Å². The van der Waals surface area contributed by atoms with Crippen LogP contribution >= 0.6 is 0 Å². The predicted octanol–water partition coefficient (Wildman–Crippen LogP) is 0.0945. The largest absolute Gasteiger partial charge is 0.482 e. The Morgan fingerprint density at radius 3 is 3.11 bits per heavy atom. The van der Waals surface area contributed by atoms with Crippen LogP contribution in [-0.4, -0.2) is 31.0 Å². The van der Waals surface area contributed by atoms with E-state index in [2.05, 4.69) is 10.6 Å². The number of hydrogen-bond acceptors (Lipinski definition) is 4. The van der Waals surface area contributed by atoms with Crippen LogP contribution in [0.2, 0.25) is 0 Å². The van der Waals surface area contributed by atoms with Gasteiger partial charge in [0.15, 0.2) is 6.61 Å². The van der Waals surface area contributed by atoms with Crippen LogP contribution in [0.25, 0.3) is 0 Å². The molecule has 0 saturated heterocycles. The molecule has 6 heteroatoms. The van der Waals surface area contributed by atoms with Gasteiger partial charge in [0.25, 0.3) is 11.8 Å².